The Balaban J connectivity index is 2.31. The van der Waals surface area contributed by atoms with Crippen LogP contribution in [0.3, 0.4) is 0 Å². The summed E-state index contributed by atoms with van der Waals surface area (Å²) < 4.78 is 18.2. The molecule has 0 saturated carbocycles. The van der Waals surface area contributed by atoms with E-state index >= 15 is 0 Å². The summed E-state index contributed by atoms with van der Waals surface area (Å²) in [5.74, 6) is -0.430. The number of hydrogen-bond donors (Lipinski definition) is 2. The van der Waals surface area contributed by atoms with E-state index in [1.54, 1.807) is 12.1 Å². The van der Waals surface area contributed by atoms with Crippen molar-refractivity contribution in [1.82, 2.24) is 10.6 Å². The second-order valence-corrected chi connectivity index (χ2v) is 6.33. The minimum atomic E-state index is -0.512. The van der Waals surface area contributed by atoms with Crippen molar-refractivity contribution >= 4 is 17.7 Å². The Labute approximate surface area is 130 Å². The number of ether oxygens (including phenoxy) is 1. The highest BCUT2D eigenvalue weighted by atomic mass is 35.5. The molecule has 1 aromatic carbocycles. The zero-order valence-electron chi connectivity index (χ0n) is 12.8. The SMILES string of the molecule is CC(CNCc1ccc(F)c(Cl)c1)NC(=O)OC(C)(C)C. The number of hydrogen-bond acceptors (Lipinski definition) is 3. The first-order valence-corrected chi connectivity index (χ1v) is 7.19. The van der Waals surface area contributed by atoms with E-state index in [0.717, 1.165) is 5.56 Å². The van der Waals surface area contributed by atoms with Crippen LogP contribution in [-0.4, -0.2) is 24.3 Å². The number of benzene rings is 1. The molecule has 0 fully saturated rings. The molecule has 0 saturated heterocycles. The Kier molecular flexibility index (Phi) is 6.42. The number of rotatable bonds is 5. The van der Waals surface area contributed by atoms with Gasteiger partial charge in [0.2, 0.25) is 0 Å². The topological polar surface area (TPSA) is 50.4 Å². The minimum absolute atomic E-state index is 0.0872. The molecule has 0 aliphatic heterocycles. The van der Waals surface area contributed by atoms with Crippen LogP contribution < -0.4 is 10.6 Å². The van der Waals surface area contributed by atoms with Gasteiger partial charge in [-0.25, -0.2) is 9.18 Å². The Hall–Kier alpha value is -1.33. The van der Waals surface area contributed by atoms with Crippen molar-refractivity contribution in [3.05, 3.63) is 34.6 Å². The molecule has 1 atom stereocenters. The molecule has 0 radical (unpaired) electrons. The standard InChI is InChI=1S/C15H22ClFN2O2/c1-10(19-14(20)21-15(2,3)4)8-18-9-11-5-6-13(17)12(16)7-11/h5-7,10,18H,8-9H2,1-4H3,(H,19,20). The molecular weight excluding hydrogens is 295 g/mol. The van der Waals surface area contributed by atoms with Gasteiger partial charge in [0.25, 0.3) is 0 Å². The smallest absolute Gasteiger partial charge is 0.407 e. The van der Waals surface area contributed by atoms with E-state index in [1.807, 2.05) is 27.7 Å². The second kappa shape index (κ2) is 7.61. The zero-order valence-corrected chi connectivity index (χ0v) is 13.6. The molecule has 4 nitrogen and oxygen atoms in total. The fourth-order valence-electron chi connectivity index (χ4n) is 1.64. The van der Waals surface area contributed by atoms with Crippen molar-refractivity contribution in [3.63, 3.8) is 0 Å². The number of carbonyl (C=O) groups is 1. The molecule has 0 aromatic heterocycles. The fraction of sp³-hybridized carbons (Fsp3) is 0.533. The van der Waals surface area contributed by atoms with Crippen molar-refractivity contribution in [1.29, 1.82) is 0 Å². The van der Waals surface area contributed by atoms with Gasteiger partial charge in [0.05, 0.1) is 5.02 Å². The van der Waals surface area contributed by atoms with Gasteiger partial charge in [-0.3, -0.25) is 0 Å². The van der Waals surface area contributed by atoms with Crippen LogP contribution in [0.2, 0.25) is 5.02 Å². The number of alkyl carbamates (subject to hydrolysis) is 1. The van der Waals surface area contributed by atoms with Gasteiger partial charge in [0, 0.05) is 19.1 Å². The quantitative estimate of drug-likeness (QED) is 0.874. The molecule has 0 aliphatic carbocycles. The Morgan fingerprint density at radius 3 is 2.67 bits per heavy atom. The summed E-state index contributed by atoms with van der Waals surface area (Å²) in [4.78, 5) is 11.6. The van der Waals surface area contributed by atoms with Crippen LogP contribution in [0.1, 0.15) is 33.3 Å². The third-order valence-corrected chi connectivity index (χ3v) is 2.82. The zero-order chi connectivity index (χ0) is 16.0. The maximum Gasteiger partial charge on any atom is 0.407 e. The lowest BCUT2D eigenvalue weighted by Gasteiger charge is -2.22. The molecule has 0 bridgehead atoms. The summed E-state index contributed by atoms with van der Waals surface area (Å²) in [6.45, 7) is 8.42. The highest BCUT2D eigenvalue weighted by molar-refractivity contribution is 6.30. The number of halogens is 2. The molecule has 1 amide bonds. The van der Waals surface area contributed by atoms with Crippen molar-refractivity contribution in [2.24, 2.45) is 0 Å². The summed E-state index contributed by atoms with van der Waals surface area (Å²) in [6, 6.07) is 4.49. The second-order valence-electron chi connectivity index (χ2n) is 5.93. The first kappa shape index (κ1) is 17.7. The van der Waals surface area contributed by atoms with E-state index in [9.17, 15) is 9.18 Å². The highest BCUT2D eigenvalue weighted by Crippen LogP contribution is 2.15. The first-order valence-electron chi connectivity index (χ1n) is 6.81. The third kappa shape index (κ3) is 7.29. The Morgan fingerprint density at radius 2 is 2.10 bits per heavy atom. The van der Waals surface area contributed by atoms with E-state index in [4.69, 9.17) is 16.3 Å². The summed E-state index contributed by atoms with van der Waals surface area (Å²) in [5, 5.41) is 6.00. The van der Waals surface area contributed by atoms with Gasteiger partial charge in [0.1, 0.15) is 11.4 Å². The van der Waals surface area contributed by atoms with Crippen molar-refractivity contribution in [2.75, 3.05) is 6.54 Å². The van der Waals surface area contributed by atoms with Crippen molar-refractivity contribution in [3.8, 4) is 0 Å². The van der Waals surface area contributed by atoms with Gasteiger partial charge in [-0.15, -0.1) is 0 Å². The van der Waals surface area contributed by atoms with Crippen LogP contribution >= 0.6 is 11.6 Å². The van der Waals surface area contributed by atoms with Gasteiger partial charge < -0.3 is 15.4 Å². The van der Waals surface area contributed by atoms with Gasteiger partial charge in [-0.2, -0.15) is 0 Å². The largest absolute Gasteiger partial charge is 0.444 e. The van der Waals surface area contributed by atoms with Gasteiger partial charge in [-0.1, -0.05) is 17.7 Å². The van der Waals surface area contributed by atoms with Gasteiger partial charge >= 0.3 is 6.09 Å². The average Bonchev–Trinajstić information content (AvgIpc) is 2.31. The van der Waals surface area contributed by atoms with Crippen LogP contribution in [-0.2, 0) is 11.3 Å². The van der Waals surface area contributed by atoms with Crippen LogP contribution in [0.25, 0.3) is 0 Å². The number of carbonyl (C=O) groups excluding carboxylic acids is 1. The summed E-state index contributed by atoms with van der Waals surface area (Å²) in [6.07, 6.45) is -0.443. The Morgan fingerprint density at radius 1 is 1.43 bits per heavy atom. The summed E-state index contributed by atoms with van der Waals surface area (Å²) in [7, 11) is 0. The fourth-order valence-corrected chi connectivity index (χ4v) is 1.85. The number of amides is 1. The summed E-state index contributed by atoms with van der Waals surface area (Å²) >= 11 is 5.71. The van der Waals surface area contributed by atoms with Crippen molar-refractivity contribution in [2.45, 2.75) is 45.9 Å². The lowest BCUT2D eigenvalue weighted by Crippen LogP contribution is -2.42. The molecule has 0 heterocycles. The van der Waals surface area contributed by atoms with E-state index < -0.39 is 17.5 Å². The van der Waals surface area contributed by atoms with Gasteiger partial charge in [0.15, 0.2) is 0 Å². The first-order chi connectivity index (χ1) is 9.67. The predicted octanol–water partition coefficient (Wildman–Crippen LogP) is 3.48. The lowest BCUT2D eigenvalue weighted by atomic mass is 10.2. The van der Waals surface area contributed by atoms with Crippen LogP contribution in [0.4, 0.5) is 9.18 Å². The molecule has 6 heteroatoms. The van der Waals surface area contributed by atoms with Crippen LogP contribution in [0.15, 0.2) is 18.2 Å². The van der Waals surface area contributed by atoms with Crippen molar-refractivity contribution < 1.29 is 13.9 Å². The lowest BCUT2D eigenvalue weighted by molar-refractivity contribution is 0.0508. The van der Waals surface area contributed by atoms with E-state index in [2.05, 4.69) is 10.6 Å². The van der Waals surface area contributed by atoms with E-state index in [0.29, 0.717) is 13.1 Å². The number of nitrogens with one attached hydrogen (secondary N) is 2. The Bertz CT molecular complexity index is 489. The average molecular weight is 317 g/mol. The summed E-state index contributed by atoms with van der Waals surface area (Å²) in [5.41, 5.74) is 0.369. The molecule has 1 rings (SSSR count). The molecule has 1 aromatic rings. The normalized spacial score (nSPS) is 12.9. The molecule has 21 heavy (non-hydrogen) atoms. The van der Waals surface area contributed by atoms with Crippen LogP contribution in [0, 0.1) is 5.82 Å². The molecule has 118 valence electrons. The molecule has 0 aliphatic rings. The molecule has 2 N–H and O–H groups in total. The monoisotopic (exact) mass is 316 g/mol. The molecule has 0 spiro atoms. The van der Waals surface area contributed by atoms with Gasteiger partial charge in [-0.05, 0) is 45.4 Å². The highest BCUT2D eigenvalue weighted by Gasteiger charge is 2.17. The maximum atomic E-state index is 13.0. The molecule has 1 unspecified atom stereocenters. The van der Waals surface area contributed by atoms with Crippen LogP contribution in [0.5, 0.6) is 0 Å². The molecular formula is C15H22ClFN2O2. The third-order valence-electron chi connectivity index (χ3n) is 2.53. The van der Waals surface area contributed by atoms with E-state index in [-0.39, 0.29) is 11.1 Å². The minimum Gasteiger partial charge on any atom is -0.444 e. The van der Waals surface area contributed by atoms with E-state index in [1.165, 1.54) is 6.07 Å². The predicted molar refractivity (Wildman–Crippen MR) is 81.9 cm³/mol. The maximum absolute atomic E-state index is 13.0.